The Bertz CT molecular complexity index is 615. The van der Waals surface area contributed by atoms with Crippen LogP contribution in [-0.2, 0) is 11.3 Å². The maximum atomic E-state index is 5.07. The van der Waals surface area contributed by atoms with Crippen molar-refractivity contribution < 1.29 is 38.5 Å². The monoisotopic (exact) mass is 574 g/mol. The number of epoxide rings is 1. The number of hydrogen-bond acceptors (Lipinski definition) is 1. The molecule has 0 radical (unpaired) electrons. The number of nitrogens with zero attached hydrogens (tertiary/aromatic N) is 2. The molecule has 1 saturated heterocycles. The lowest BCUT2D eigenvalue weighted by atomic mass is 10.0. The van der Waals surface area contributed by atoms with Crippen LogP contribution in [0.5, 0.6) is 0 Å². The fraction of sp³-hybridized carbons (Fsp3) is 0.818. The molecule has 1 aliphatic heterocycles. The largest absolute Gasteiger partial charge is 1.00 e. The van der Waals surface area contributed by atoms with Crippen molar-refractivity contribution in [2.75, 3.05) is 54.9 Å². The van der Waals surface area contributed by atoms with Gasteiger partial charge in [0.2, 0.25) is 0 Å². The Kier molecular flexibility index (Phi) is 25.6. The molecule has 1 unspecified atom stereocenters. The molecule has 1 atom stereocenters. The molecule has 0 amide bonds. The van der Waals surface area contributed by atoms with Crippen molar-refractivity contribution in [2.24, 2.45) is 0 Å². The van der Waals surface area contributed by atoms with Gasteiger partial charge in [-0.3, -0.25) is 0 Å². The highest BCUT2D eigenvalue weighted by Gasteiger charge is 2.28. The van der Waals surface area contributed by atoms with Crippen molar-refractivity contribution in [3.63, 3.8) is 0 Å². The number of hydrogen-bond donors (Lipinski definition) is 0. The lowest BCUT2D eigenvalue weighted by molar-refractivity contribution is -0.903. The van der Waals surface area contributed by atoms with Crippen molar-refractivity contribution in [1.29, 1.82) is 0 Å². The van der Waals surface area contributed by atoms with Crippen LogP contribution in [0, 0.1) is 0 Å². The molecule has 0 bridgehead atoms. The van der Waals surface area contributed by atoms with Crippen LogP contribution in [0.15, 0.2) is 30.3 Å². The molecule has 5 heteroatoms. The maximum Gasteiger partial charge on any atom is 0.130 e. The summed E-state index contributed by atoms with van der Waals surface area (Å²) in [6, 6.07) is 10.9. The normalized spacial score (nSPS) is 14.6. The topological polar surface area (TPSA) is 12.5 Å². The van der Waals surface area contributed by atoms with E-state index in [0.29, 0.717) is 6.10 Å². The zero-order valence-electron chi connectivity index (χ0n) is 26.2. The molecule has 2 rings (SSSR count). The van der Waals surface area contributed by atoms with E-state index >= 15 is 0 Å². The van der Waals surface area contributed by atoms with Gasteiger partial charge in [0, 0.05) is 5.56 Å². The summed E-state index contributed by atoms with van der Waals surface area (Å²) < 4.78 is 7.20. The fourth-order valence-corrected chi connectivity index (χ4v) is 5.03. The molecule has 0 saturated carbocycles. The molecule has 1 aromatic carbocycles. The van der Waals surface area contributed by atoms with E-state index in [1.54, 1.807) is 0 Å². The van der Waals surface area contributed by atoms with E-state index in [0.717, 1.165) is 28.7 Å². The molecular weight excluding hydrogens is 511 g/mol. The first-order valence-corrected chi connectivity index (χ1v) is 15.5. The standard InChI is InChI=1S/C27H50N.C6H14NO.2ClH/c1-4-5-6-7-8-9-10-11-12-13-14-15-16-17-18-22-25-28(2,3)26-27-23-20-19-21-24-27;1-7(2,3)4-6-5-8-6;;/h19-21,23-24H,4-18,22,25-26H2,1-3H3;6H,4-5H2,1-3H3;2*1H/q2*+1;;/p-2. The average Bonchev–Trinajstić information content (AvgIpc) is 3.62. The minimum absolute atomic E-state index is 0. The average molecular weight is 576 g/mol. The van der Waals surface area contributed by atoms with Crippen molar-refractivity contribution in [3.05, 3.63) is 35.9 Å². The van der Waals surface area contributed by atoms with E-state index in [-0.39, 0.29) is 24.8 Å². The van der Waals surface area contributed by atoms with Crippen LogP contribution < -0.4 is 24.8 Å². The highest BCUT2D eigenvalue weighted by Crippen LogP contribution is 2.15. The first-order chi connectivity index (χ1) is 17.2. The van der Waals surface area contributed by atoms with Gasteiger partial charge in [0.15, 0.2) is 0 Å². The summed E-state index contributed by atoms with van der Waals surface area (Å²) in [6.45, 7) is 6.88. The second kappa shape index (κ2) is 24.5. The lowest BCUT2D eigenvalue weighted by Crippen LogP contribution is -3.00. The number of rotatable bonds is 21. The molecule has 0 N–H and O–H groups in total. The third-order valence-corrected chi connectivity index (χ3v) is 7.22. The van der Waals surface area contributed by atoms with Gasteiger partial charge in [-0.15, -0.1) is 0 Å². The van der Waals surface area contributed by atoms with Gasteiger partial charge in [-0.05, 0) is 12.8 Å². The van der Waals surface area contributed by atoms with Crippen LogP contribution in [0.4, 0.5) is 0 Å². The predicted octanol–water partition coefficient (Wildman–Crippen LogP) is 2.62. The number of likely N-dealkylation sites (N-methyl/N-ethyl adjacent to an activating group) is 1. The molecule has 0 spiro atoms. The second-order valence-electron chi connectivity index (χ2n) is 13.0. The summed E-state index contributed by atoms with van der Waals surface area (Å²) in [5, 5.41) is 0. The van der Waals surface area contributed by atoms with E-state index in [1.807, 2.05) is 0 Å². The summed E-state index contributed by atoms with van der Waals surface area (Å²) in [5.41, 5.74) is 1.46. The molecule has 1 heterocycles. The Labute approximate surface area is 251 Å². The number of ether oxygens (including phenoxy) is 1. The third-order valence-electron chi connectivity index (χ3n) is 7.22. The highest BCUT2D eigenvalue weighted by atomic mass is 35.5. The third kappa shape index (κ3) is 27.3. The van der Waals surface area contributed by atoms with Gasteiger partial charge >= 0.3 is 0 Å². The van der Waals surface area contributed by atoms with Crippen molar-refractivity contribution in [2.45, 2.75) is 122 Å². The minimum Gasteiger partial charge on any atom is -1.00 e. The van der Waals surface area contributed by atoms with Gasteiger partial charge in [-0.2, -0.15) is 0 Å². The molecule has 3 nitrogen and oxygen atoms in total. The molecule has 1 aromatic rings. The van der Waals surface area contributed by atoms with Crippen LogP contribution in [0.25, 0.3) is 0 Å². The van der Waals surface area contributed by atoms with Crippen molar-refractivity contribution in [1.82, 2.24) is 0 Å². The molecule has 1 fully saturated rings. The SMILES string of the molecule is CCCCCCCCCCCCCCCCCC[N+](C)(C)Cc1ccccc1.C[N+](C)(C)CC1CO1.[Cl-].[Cl-]. The van der Waals surface area contributed by atoms with Crippen LogP contribution in [0.2, 0.25) is 0 Å². The van der Waals surface area contributed by atoms with Crippen LogP contribution in [0.3, 0.4) is 0 Å². The molecule has 0 aliphatic carbocycles. The number of halogens is 2. The van der Waals surface area contributed by atoms with Crippen molar-refractivity contribution in [3.8, 4) is 0 Å². The first-order valence-electron chi connectivity index (χ1n) is 15.5. The van der Waals surface area contributed by atoms with Gasteiger partial charge in [-0.1, -0.05) is 127 Å². The summed E-state index contributed by atoms with van der Waals surface area (Å²) >= 11 is 0. The summed E-state index contributed by atoms with van der Waals surface area (Å²) in [7, 11) is 11.3. The van der Waals surface area contributed by atoms with E-state index in [1.165, 1.54) is 115 Å². The molecule has 38 heavy (non-hydrogen) atoms. The van der Waals surface area contributed by atoms with Gasteiger partial charge in [0.25, 0.3) is 0 Å². The van der Waals surface area contributed by atoms with Gasteiger partial charge in [0.1, 0.15) is 19.2 Å². The summed E-state index contributed by atoms with van der Waals surface area (Å²) in [5.74, 6) is 0. The Morgan fingerprint density at radius 1 is 0.632 bits per heavy atom. The quantitative estimate of drug-likeness (QED) is 0.125. The highest BCUT2D eigenvalue weighted by molar-refractivity contribution is 5.13. The predicted molar refractivity (Wildman–Crippen MR) is 159 cm³/mol. The first kappa shape index (κ1) is 39.8. The summed E-state index contributed by atoms with van der Waals surface area (Å²) in [4.78, 5) is 0. The number of unbranched alkanes of at least 4 members (excludes halogenated alkanes) is 15. The smallest absolute Gasteiger partial charge is 0.130 e. The fourth-order valence-electron chi connectivity index (χ4n) is 5.03. The van der Waals surface area contributed by atoms with Gasteiger partial charge < -0.3 is 38.5 Å². The summed E-state index contributed by atoms with van der Waals surface area (Å²) in [6.07, 6.45) is 23.7. The van der Waals surface area contributed by atoms with E-state index < -0.39 is 0 Å². The Morgan fingerprint density at radius 2 is 1.03 bits per heavy atom. The zero-order valence-corrected chi connectivity index (χ0v) is 27.7. The molecule has 0 aromatic heterocycles. The number of benzene rings is 1. The number of quaternary nitrogens is 2. The Balaban J connectivity index is 0. The molecular formula is C33H64Cl2N2O. The Morgan fingerprint density at radius 3 is 1.37 bits per heavy atom. The zero-order chi connectivity index (χ0) is 26.5. The Hall–Kier alpha value is -0.320. The van der Waals surface area contributed by atoms with E-state index in [9.17, 15) is 0 Å². The van der Waals surface area contributed by atoms with Crippen molar-refractivity contribution >= 4 is 0 Å². The van der Waals surface area contributed by atoms with Gasteiger partial charge in [0.05, 0.1) is 48.4 Å². The van der Waals surface area contributed by atoms with Crippen LogP contribution in [-0.4, -0.2) is 70.0 Å². The molecule has 226 valence electrons. The molecule has 1 aliphatic rings. The minimum atomic E-state index is 0. The van der Waals surface area contributed by atoms with Crippen LogP contribution >= 0.6 is 0 Å². The maximum absolute atomic E-state index is 5.07. The lowest BCUT2D eigenvalue weighted by Gasteiger charge is -2.30. The van der Waals surface area contributed by atoms with E-state index in [2.05, 4.69) is 72.5 Å². The van der Waals surface area contributed by atoms with Gasteiger partial charge in [-0.25, -0.2) is 0 Å². The van der Waals surface area contributed by atoms with Crippen LogP contribution in [0.1, 0.15) is 115 Å². The second-order valence-corrected chi connectivity index (χ2v) is 13.0. The van der Waals surface area contributed by atoms with E-state index in [4.69, 9.17) is 4.74 Å².